The van der Waals surface area contributed by atoms with E-state index >= 15 is 0 Å². The predicted molar refractivity (Wildman–Crippen MR) is 96.0 cm³/mol. The first kappa shape index (κ1) is 17.3. The fraction of sp³-hybridized carbons (Fsp3) is 0.0588. The number of aromatic amines is 1. The molecule has 5 nitrogen and oxygen atoms in total. The van der Waals surface area contributed by atoms with Gasteiger partial charge < -0.3 is 4.98 Å². The van der Waals surface area contributed by atoms with E-state index < -0.39 is 5.91 Å². The number of carbonyl (C=O) groups excluding carboxylic acids is 2. The molecule has 2 amide bonds. The molecule has 0 spiro atoms. The van der Waals surface area contributed by atoms with Crippen LogP contribution >= 0.6 is 23.4 Å². The Hall–Kier alpha value is -2.51. The SMILES string of the molecule is O=C(CSc1ccc(Cl)cc1)NNC(=O)c1cc2cc(F)ccc2[nH]1. The molecule has 3 N–H and O–H groups in total. The van der Waals surface area contributed by atoms with Crippen molar-refractivity contribution in [3.05, 3.63) is 65.1 Å². The summed E-state index contributed by atoms with van der Waals surface area (Å²) in [6, 6.07) is 12.8. The van der Waals surface area contributed by atoms with Crippen molar-refractivity contribution in [1.29, 1.82) is 0 Å². The number of amides is 2. The molecule has 0 fully saturated rings. The van der Waals surface area contributed by atoms with Crippen molar-refractivity contribution in [3.8, 4) is 0 Å². The molecule has 0 aliphatic heterocycles. The lowest BCUT2D eigenvalue weighted by molar-refractivity contribution is -0.119. The number of H-pyrrole nitrogens is 1. The summed E-state index contributed by atoms with van der Waals surface area (Å²) in [6.07, 6.45) is 0. The quantitative estimate of drug-likeness (QED) is 0.481. The van der Waals surface area contributed by atoms with Gasteiger partial charge in [-0.2, -0.15) is 0 Å². The van der Waals surface area contributed by atoms with Crippen LogP contribution in [-0.4, -0.2) is 22.6 Å². The van der Waals surface area contributed by atoms with Crippen LogP contribution in [0.25, 0.3) is 10.9 Å². The summed E-state index contributed by atoms with van der Waals surface area (Å²) in [4.78, 5) is 27.6. The number of halogens is 2. The Morgan fingerprint density at radius 3 is 2.60 bits per heavy atom. The van der Waals surface area contributed by atoms with Gasteiger partial charge in [0.2, 0.25) is 5.91 Å². The Kier molecular flexibility index (Phi) is 5.25. The number of thioether (sulfide) groups is 1. The zero-order valence-electron chi connectivity index (χ0n) is 12.8. The van der Waals surface area contributed by atoms with E-state index in [1.54, 1.807) is 18.2 Å². The minimum atomic E-state index is -0.513. The molecule has 1 aromatic heterocycles. The summed E-state index contributed by atoms with van der Waals surface area (Å²) in [5.41, 5.74) is 5.52. The van der Waals surface area contributed by atoms with Gasteiger partial charge in [-0.05, 0) is 48.5 Å². The number of carbonyl (C=O) groups is 2. The minimum absolute atomic E-state index is 0.139. The monoisotopic (exact) mass is 377 g/mol. The minimum Gasteiger partial charge on any atom is -0.350 e. The smallest absolute Gasteiger partial charge is 0.286 e. The molecule has 0 saturated carbocycles. The number of benzene rings is 2. The highest BCUT2D eigenvalue weighted by atomic mass is 35.5. The number of hydrogen-bond donors (Lipinski definition) is 3. The largest absolute Gasteiger partial charge is 0.350 e. The van der Waals surface area contributed by atoms with Crippen LogP contribution < -0.4 is 10.9 Å². The first-order chi connectivity index (χ1) is 12.0. The third-order valence-corrected chi connectivity index (χ3v) is 4.59. The first-order valence-corrected chi connectivity index (χ1v) is 8.63. The number of aromatic nitrogens is 1. The molecule has 0 unspecified atom stereocenters. The Bertz CT molecular complexity index is 927. The van der Waals surface area contributed by atoms with E-state index in [1.807, 2.05) is 12.1 Å². The highest BCUT2D eigenvalue weighted by molar-refractivity contribution is 8.00. The van der Waals surface area contributed by atoms with Crippen molar-refractivity contribution >= 4 is 46.1 Å². The lowest BCUT2D eigenvalue weighted by Crippen LogP contribution is -2.42. The third kappa shape index (κ3) is 4.52. The molecule has 1 heterocycles. The van der Waals surface area contributed by atoms with E-state index in [0.717, 1.165) is 4.90 Å². The third-order valence-electron chi connectivity index (χ3n) is 3.33. The van der Waals surface area contributed by atoms with E-state index in [4.69, 9.17) is 11.6 Å². The summed E-state index contributed by atoms with van der Waals surface area (Å²) < 4.78 is 13.2. The highest BCUT2D eigenvalue weighted by Crippen LogP contribution is 2.20. The second-order valence-corrected chi connectivity index (χ2v) is 6.64. The summed E-state index contributed by atoms with van der Waals surface area (Å²) in [5, 5.41) is 1.20. The van der Waals surface area contributed by atoms with Crippen LogP contribution in [0.2, 0.25) is 5.02 Å². The first-order valence-electron chi connectivity index (χ1n) is 7.27. The van der Waals surface area contributed by atoms with Gasteiger partial charge in [-0.3, -0.25) is 20.4 Å². The molecular weight excluding hydrogens is 365 g/mol. The molecule has 25 heavy (non-hydrogen) atoms. The van der Waals surface area contributed by atoms with Gasteiger partial charge in [0.05, 0.1) is 5.75 Å². The topological polar surface area (TPSA) is 74.0 Å². The van der Waals surface area contributed by atoms with Crippen molar-refractivity contribution < 1.29 is 14.0 Å². The summed E-state index contributed by atoms with van der Waals surface area (Å²) >= 11 is 7.11. The molecule has 0 aliphatic carbocycles. The number of nitrogens with one attached hydrogen (secondary N) is 3. The second-order valence-electron chi connectivity index (χ2n) is 5.16. The zero-order chi connectivity index (χ0) is 17.8. The van der Waals surface area contributed by atoms with E-state index in [0.29, 0.717) is 15.9 Å². The maximum absolute atomic E-state index is 13.2. The maximum Gasteiger partial charge on any atom is 0.286 e. The van der Waals surface area contributed by atoms with Gasteiger partial charge in [0.1, 0.15) is 11.5 Å². The van der Waals surface area contributed by atoms with Gasteiger partial charge in [0, 0.05) is 20.8 Å². The standard InChI is InChI=1S/C17H13ClFN3O2S/c18-11-1-4-13(5-2-11)25-9-16(23)21-22-17(24)15-8-10-7-12(19)3-6-14(10)20-15/h1-8,20H,9H2,(H,21,23)(H,22,24). The van der Waals surface area contributed by atoms with Crippen LogP contribution in [0.1, 0.15) is 10.5 Å². The second kappa shape index (κ2) is 7.58. The van der Waals surface area contributed by atoms with Crippen molar-refractivity contribution in [1.82, 2.24) is 15.8 Å². The van der Waals surface area contributed by atoms with Gasteiger partial charge in [0.15, 0.2) is 0 Å². The van der Waals surface area contributed by atoms with Gasteiger partial charge in [-0.1, -0.05) is 11.6 Å². The van der Waals surface area contributed by atoms with E-state index in [2.05, 4.69) is 15.8 Å². The molecule has 0 aliphatic rings. The Balaban J connectivity index is 1.52. The average molecular weight is 378 g/mol. The van der Waals surface area contributed by atoms with Crippen LogP contribution in [-0.2, 0) is 4.79 Å². The van der Waals surface area contributed by atoms with Crippen molar-refractivity contribution in [2.45, 2.75) is 4.90 Å². The molecule has 0 atom stereocenters. The normalized spacial score (nSPS) is 10.6. The fourth-order valence-corrected chi connectivity index (χ4v) is 2.96. The fourth-order valence-electron chi connectivity index (χ4n) is 2.14. The molecular formula is C17H13ClFN3O2S. The molecule has 2 aromatic carbocycles. The van der Waals surface area contributed by atoms with Crippen LogP contribution in [0, 0.1) is 5.82 Å². The number of rotatable bonds is 4. The van der Waals surface area contributed by atoms with Gasteiger partial charge in [-0.25, -0.2) is 4.39 Å². The number of fused-ring (bicyclic) bond motifs is 1. The molecule has 128 valence electrons. The Labute approximate surface area is 151 Å². The Morgan fingerprint density at radius 1 is 1.08 bits per heavy atom. The van der Waals surface area contributed by atoms with Crippen LogP contribution in [0.15, 0.2) is 53.4 Å². The summed E-state index contributed by atoms with van der Waals surface area (Å²) in [5.74, 6) is -1.11. The molecule has 0 bridgehead atoms. The molecule has 3 aromatic rings. The van der Waals surface area contributed by atoms with Crippen molar-refractivity contribution in [3.63, 3.8) is 0 Å². The van der Waals surface area contributed by atoms with Crippen LogP contribution in [0.4, 0.5) is 4.39 Å². The molecule has 8 heteroatoms. The van der Waals surface area contributed by atoms with Crippen LogP contribution in [0.5, 0.6) is 0 Å². The summed E-state index contributed by atoms with van der Waals surface area (Å²) in [7, 11) is 0. The molecule has 0 saturated heterocycles. The van der Waals surface area contributed by atoms with Gasteiger partial charge >= 0.3 is 0 Å². The molecule has 0 radical (unpaired) electrons. The van der Waals surface area contributed by atoms with Crippen molar-refractivity contribution in [2.24, 2.45) is 0 Å². The Morgan fingerprint density at radius 2 is 1.84 bits per heavy atom. The maximum atomic E-state index is 13.2. The van der Waals surface area contributed by atoms with E-state index in [1.165, 1.54) is 30.0 Å². The zero-order valence-corrected chi connectivity index (χ0v) is 14.4. The predicted octanol–water partition coefficient (Wildman–Crippen LogP) is 3.51. The lowest BCUT2D eigenvalue weighted by Gasteiger charge is -2.06. The average Bonchev–Trinajstić information content (AvgIpc) is 3.02. The van der Waals surface area contributed by atoms with Gasteiger partial charge in [0.25, 0.3) is 5.91 Å². The van der Waals surface area contributed by atoms with Crippen molar-refractivity contribution in [2.75, 3.05) is 5.75 Å². The van der Waals surface area contributed by atoms with Crippen LogP contribution in [0.3, 0.4) is 0 Å². The summed E-state index contributed by atoms with van der Waals surface area (Å²) in [6.45, 7) is 0. The van der Waals surface area contributed by atoms with E-state index in [-0.39, 0.29) is 23.2 Å². The number of hydrogen-bond acceptors (Lipinski definition) is 3. The lowest BCUT2D eigenvalue weighted by atomic mass is 10.2. The van der Waals surface area contributed by atoms with E-state index in [9.17, 15) is 14.0 Å². The molecule has 3 rings (SSSR count). The number of hydrazine groups is 1. The highest BCUT2D eigenvalue weighted by Gasteiger charge is 2.11. The van der Waals surface area contributed by atoms with Gasteiger partial charge in [-0.15, -0.1) is 11.8 Å².